The fraction of sp³-hybridized carbons (Fsp3) is 0.240. The molecule has 1 amide bonds. The zero-order valence-electron chi connectivity index (χ0n) is 20.9. The molecule has 220 valence electrons. The summed E-state index contributed by atoms with van der Waals surface area (Å²) in [6.07, 6.45) is -3.96. The molecule has 1 aliphatic rings. The summed E-state index contributed by atoms with van der Waals surface area (Å²) >= 11 is 0. The fourth-order valence-electron chi connectivity index (χ4n) is 4.08. The van der Waals surface area contributed by atoms with Crippen molar-refractivity contribution in [3.63, 3.8) is 0 Å². The molecule has 0 N–H and O–H groups in total. The van der Waals surface area contributed by atoms with Crippen molar-refractivity contribution in [2.24, 2.45) is 0 Å². The molecule has 0 spiro atoms. The largest absolute Gasteiger partial charge is 0.435 e. The average molecular weight is 623 g/mol. The summed E-state index contributed by atoms with van der Waals surface area (Å²) in [5.74, 6) is -2.80. The number of hydrogen-bond acceptors (Lipinski definition) is 6. The molecule has 4 rings (SSSR count). The molecule has 0 fully saturated rings. The highest BCUT2D eigenvalue weighted by molar-refractivity contribution is 7.92. The molecule has 0 atom stereocenters. The van der Waals surface area contributed by atoms with E-state index in [0.717, 1.165) is 47.6 Å². The molecule has 0 aromatic heterocycles. The number of alkyl halides is 5. The lowest BCUT2D eigenvalue weighted by Gasteiger charge is -2.37. The van der Waals surface area contributed by atoms with E-state index >= 15 is 0 Å². The third-order valence-corrected chi connectivity index (χ3v) is 8.66. The van der Waals surface area contributed by atoms with Gasteiger partial charge in [0.15, 0.2) is 0 Å². The van der Waals surface area contributed by atoms with Gasteiger partial charge in [-0.25, -0.2) is 25.5 Å². The Balaban J connectivity index is 1.87. The molecule has 3 aromatic carbocycles. The molecule has 0 aliphatic carbocycles. The van der Waals surface area contributed by atoms with Crippen LogP contribution in [0.4, 0.5) is 32.0 Å². The molecule has 0 saturated carbocycles. The molecule has 3 aromatic rings. The third-order valence-electron chi connectivity index (χ3n) is 5.99. The van der Waals surface area contributed by atoms with Crippen molar-refractivity contribution in [1.82, 2.24) is 4.90 Å². The van der Waals surface area contributed by atoms with Gasteiger partial charge in [-0.2, -0.15) is 22.0 Å². The number of hydrogen-bond donors (Lipinski definition) is 0. The van der Waals surface area contributed by atoms with Crippen LogP contribution in [0.25, 0.3) is 11.1 Å². The molecular formula is C25H20F6N2O6S2. The number of fused-ring (bicyclic) bond motifs is 1. The van der Waals surface area contributed by atoms with Gasteiger partial charge in [0, 0.05) is 18.9 Å². The number of nitrogens with zero attached hydrogens (tertiary/aromatic N) is 2. The Labute approximate surface area is 230 Å². The molecule has 8 nitrogen and oxygen atoms in total. The summed E-state index contributed by atoms with van der Waals surface area (Å²) < 4.78 is 135. The molecule has 0 radical (unpaired) electrons. The number of ether oxygens (including phenoxy) is 1. The first-order valence-electron chi connectivity index (χ1n) is 11.5. The number of sulfonamides is 1. The van der Waals surface area contributed by atoms with Crippen molar-refractivity contribution in [3.05, 3.63) is 77.6 Å². The third kappa shape index (κ3) is 6.75. The first kappa shape index (κ1) is 30.2. The maximum atomic E-state index is 14.2. The van der Waals surface area contributed by atoms with E-state index in [9.17, 15) is 48.0 Å². The zero-order chi connectivity index (χ0) is 30.3. The molecule has 0 unspecified atom stereocenters. The quantitative estimate of drug-likeness (QED) is 0.336. The van der Waals surface area contributed by atoms with Crippen molar-refractivity contribution in [2.45, 2.75) is 17.7 Å². The topological polar surface area (TPSA) is 101 Å². The van der Waals surface area contributed by atoms with Crippen LogP contribution in [-0.4, -0.2) is 59.5 Å². The SMILES string of the molecule is CS(=O)(=O)CCN1CN(S(=O)(=O)c2cccc(C(F)(F)F)c2)c2cc(-c3cc(F)cc(OC(F)F)c3)ccc2C1=O. The van der Waals surface area contributed by atoms with Crippen LogP contribution < -0.4 is 9.04 Å². The summed E-state index contributed by atoms with van der Waals surface area (Å²) in [6, 6.07) is 9.14. The van der Waals surface area contributed by atoms with Gasteiger partial charge in [-0.15, -0.1) is 0 Å². The van der Waals surface area contributed by atoms with Crippen LogP contribution in [0.15, 0.2) is 65.6 Å². The first-order chi connectivity index (χ1) is 19.0. The van der Waals surface area contributed by atoms with Crippen LogP contribution >= 0.6 is 0 Å². The van der Waals surface area contributed by atoms with Crippen molar-refractivity contribution in [3.8, 4) is 16.9 Å². The summed E-state index contributed by atoms with van der Waals surface area (Å²) in [5, 5.41) is 0. The van der Waals surface area contributed by atoms with Gasteiger partial charge < -0.3 is 9.64 Å². The normalized spacial score (nSPS) is 14.4. The molecule has 41 heavy (non-hydrogen) atoms. The monoisotopic (exact) mass is 622 g/mol. The second-order valence-electron chi connectivity index (χ2n) is 9.01. The van der Waals surface area contributed by atoms with Crippen LogP contribution in [0.5, 0.6) is 5.75 Å². The maximum Gasteiger partial charge on any atom is 0.416 e. The second kappa shape index (κ2) is 10.9. The van der Waals surface area contributed by atoms with Gasteiger partial charge in [0.2, 0.25) is 0 Å². The summed E-state index contributed by atoms with van der Waals surface area (Å²) in [6.45, 7) is -4.45. The van der Waals surface area contributed by atoms with Gasteiger partial charge in [0.05, 0.1) is 27.5 Å². The number of rotatable bonds is 8. The van der Waals surface area contributed by atoms with Gasteiger partial charge in [0.1, 0.15) is 28.1 Å². The van der Waals surface area contributed by atoms with E-state index in [2.05, 4.69) is 4.74 Å². The van der Waals surface area contributed by atoms with E-state index in [4.69, 9.17) is 0 Å². The molecule has 1 heterocycles. The van der Waals surface area contributed by atoms with E-state index < -0.39 is 79.5 Å². The second-order valence-corrected chi connectivity index (χ2v) is 13.1. The number of anilines is 1. The lowest BCUT2D eigenvalue weighted by Crippen LogP contribution is -2.50. The number of carbonyl (C=O) groups excluding carboxylic acids is 1. The van der Waals surface area contributed by atoms with Crippen LogP contribution in [-0.2, 0) is 26.0 Å². The van der Waals surface area contributed by atoms with Gasteiger partial charge in [0.25, 0.3) is 15.9 Å². The van der Waals surface area contributed by atoms with E-state index in [0.29, 0.717) is 22.5 Å². The first-order valence-corrected chi connectivity index (χ1v) is 15.0. The van der Waals surface area contributed by atoms with Gasteiger partial charge in [-0.1, -0.05) is 12.1 Å². The van der Waals surface area contributed by atoms with Crippen LogP contribution in [0.2, 0.25) is 0 Å². The Hall–Kier alpha value is -3.79. The Morgan fingerprint density at radius 1 is 0.951 bits per heavy atom. The van der Waals surface area contributed by atoms with Crippen LogP contribution in [0, 0.1) is 5.82 Å². The fourth-order valence-corrected chi connectivity index (χ4v) is 6.11. The number of carbonyl (C=O) groups is 1. The predicted octanol–water partition coefficient (Wildman–Crippen LogP) is 4.77. The van der Waals surface area contributed by atoms with Crippen molar-refractivity contribution >= 4 is 31.5 Å². The number of sulfone groups is 1. The van der Waals surface area contributed by atoms with E-state index in [1.54, 1.807) is 0 Å². The number of amides is 1. The average Bonchev–Trinajstić information content (AvgIpc) is 2.86. The van der Waals surface area contributed by atoms with E-state index in [-0.39, 0.29) is 22.4 Å². The summed E-state index contributed by atoms with van der Waals surface area (Å²) in [4.78, 5) is 13.3. The van der Waals surface area contributed by atoms with Crippen LogP contribution in [0.3, 0.4) is 0 Å². The molecular weight excluding hydrogens is 602 g/mol. The molecule has 16 heteroatoms. The standard InChI is InChI=1S/C25H20F6N2O6S2/c1-40(35,36)8-7-32-14-33(41(37,38)20-4-2-3-17(12-20)25(29,30)31)22-11-15(5-6-21(22)23(32)34)16-9-18(26)13-19(10-16)39-24(27)28/h2-6,9-13,24H,7-8,14H2,1H3. The molecule has 0 saturated heterocycles. The lowest BCUT2D eigenvalue weighted by molar-refractivity contribution is -0.137. The van der Waals surface area contributed by atoms with Gasteiger partial charge in [-0.3, -0.25) is 4.79 Å². The zero-order valence-corrected chi connectivity index (χ0v) is 22.5. The summed E-state index contributed by atoms with van der Waals surface area (Å²) in [7, 11) is -8.41. The lowest BCUT2D eigenvalue weighted by atomic mass is 10.0. The Morgan fingerprint density at radius 2 is 1.66 bits per heavy atom. The summed E-state index contributed by atoms with van der Waals surface area (Å²) in [5.41, 5.74) is -1.78. The maximum absolute atomic E-state index is 14.2. The van der Waals surface area contributed by atoms with Crippen LogP contribution in [0.1, 0.15) is 15.9 Å². The van der Waals surface area contributed by atoms with Crippen molar-refractivity contribution < 1.29 is 52.7 Å². The van der Waals surface area contributed by atoms with Gasteiger partial charge in [-0.05, 0) is 53.6 Å². The minimum absolute atomic E-state index is 0.0354. The van der Waals surface area contributed by atoms with Crippen molar-refractivity contribution in [1.29, 1.82) is 0 Å². The Kier molecular flexibility index (Phi) is 8.01. The van der Waals surface area contributed by atoms with E-state index in [1.807, 2.05) is 0 Å². The predicted molar refractivity (Wildman–Crippen MR) is 135 cm³/mol. The molecule has 1 aliphatic heterocycles. The highest BCUT2D eigenvalue weighted by Gasteiger charge is 2.38. The smallest absolute Gasteiger partial charge is 0.416 e. The highest BCUT2D eigenvalue weighted by atomic mass is 32.2. The minimum Gasteiger partial charge on any atom is -0.435 e. The number of benzene rings is 3. The molecule has 0 bridgehead atoms. The Bertz CT molecular complexity index is 1710. The Morgan fingerprint density at radius 3 is 2.29 bits per heavy atom. The highest BCUT2D eigenvalue weighted by Crippen LogP contribution is 2.38. The van der Waals surface area contributed by atoms with Crippen molar-refractivity contribution in [2.75, 3.05) is 29.5 Å². The van der Waals surface area contributed by atoms with E-state index in [1.165, 1.54) is 6.07 Å². The minimum atomic E-state index is -4.87. The van der Waals surface area contributed by atoms with Gasteiger partial charge >= 0.3 is 12.8 Å². The number of halogens is 6.